The number of H-pyrrole nitrogens is 1. The fourth-order valence-corrected chi connectivity index (χ4v) is 1.91. The number of hydrogen-bond acceptors (Lipinski definition) is 2. The maximum atomic E-state index is 10.7. The van der Waals surface area contributed by atoms with Crippen LogP contribution in [-0.2, 0) is 6.54 Å². The molecule has 0 spiro atoms. The molecule has 0 saturated heterocycles. The van der Waals surface area contributed by atoms with Crippen LogP contribution < -0.4 is 4.68 Å². The molecule has 1 N–H and O–H groups in total. The molecule has 0 aliphatic heterocycles. The fourth-order valence-electron chi connectivity index (χ4n) is 1.91. The largest absolute Gasteiger partial charge is 0.234 e. The Morgan fingerprint density at radius 1 is 1.18 bits per heavy atom. The number of benzene rings is 1. The van der Waals surface area contributed by atoms with E-state index in [0.717, 1.165) is 17.9 Å². The molecule has 1 aromatic heterocycles. The number of hydrogen-bond donors (Lipinski definition) is 1. The van der Waals surface area contributed by atoms with E-state index in [9.17, 15) is 4.91 Å². The third-order valence-electron chi connectivity index (χ3n) is 2.96. The molecule has 0 bridgehead atoms. The lowest BCUT2D eigenvalue weighted by Gasteiger charge is -1.97. The van der Waals surface area contributed by atoms with Gasteiger partial charge in [0.1, 0.15) is 5.69 Å². The van der Waals surface area contributed by atoms with Gasteiger partial charge in [-0.15, -0.1) is 9.59 Å². The lowest BCUT2D eigenvalue weighted by atomic mass is 10.1. The molecule has 0 unspecified atom stereocenters. The van der Waals surface area contributed by atoms with Gasteiger partial charge in [-0.25, -0.2) is 0 Å². The minimum Gasteiger partial charge on any atom is -0.167 e. The molecular formula is C13H16N3O+. The summed E-state index contributed by atoms with van der Waals surface area (Å²) in [4.78, 5) is 10.7. The van der Waals surface area contributed by atoms with Gasteiger partial charge < -0.3 is 0 Å². The smallest absolute Gasteiger partial charge is 0.167 e. The molecule has 0 radical (unpaired) electrons. The zero-order valence-electron chi connectivity index (χ0n) is 10.3. The van der Waals surface area contributed by atoms with Crippen LogP contribution in [0.2, 0.25) is 0 Å². The van der Waals surface area contributed by atoms with Gasteiger partial charge in [-0.1, -0.05) is 29.8 Å². The van der Waals surface area contributed by atoms with Gasteiger partial charge in [0, 0.05) is 12.5 Å². The van der Waals surface area contributed by atoms with E-state index in [0.29, 0.717) is 5.69 Å². The highest BCUT2D eigenvalue weighted by molar-refractivity contribution is 5.42. The van der Waals surface area contributed by atoms with Gasteiger partial charge in [0.15, 0.2) is 6.54 Å². The molecule has 0 amide bonds. The summed E-state index contributed by atoms with van der Waals surface area (Å²) >= 11 is 0. The minimum absolute atomic E-state index is 0.511. The number of nitroso groups, excluding NO2 is 1. The molecule has 1 heterocycles. The summed E-state index contributed by atoms with van der Waals surface area (Å²) in [5, 5.41) is 6.19. The molecule has 2 rings (SSSR count). The Bertz CT molecular complexity index is 541. The van der Waals surface area contributed by atoms with E-state index >= 15 is 0 Å². The molecule has 1 aromatic carbocycles. The van der Waals surface area contributed by atoms with Gasteiger partial charge in [-0.05, 0) is 19.0 Å². The molecule has 0 aliphatic carbocycles. The zero-order valence-corrected chi connectivity index (χ0v) is 10.3. The first-order valence-corrected chi connectivity index (χ1v) is 5.59. The maximum absolute atomic E-state index is 10.7. The quantitative estimate of drug-likeness (QED) is 0.639. The number of nitrogens with one attached hydrogen (secondary N) is 1. The summed E-state index contributed by atoms with van der Waals surface area (Å²) in [5.41, 5.74) is 4.63. The minimum atomic E-state index is 0.511. The van der Waals surface area contributed by atoms with Crippen LogP contribution in [0.15, 0.2) is 29.4 Å². The summed E-state index contributed by atoms with van der Waals surface area (Å²) in [7, 11) is 0. The van der Waals surface area contributed by atoms with E-state index in [-0.39, 0.29) is 0 Å². The normalized spacial score (nSPS) is 10.5. The van der Waals surface area contributed by atoms with Crippen molar-refractivity contribution in [1.29, 1.82) is 0 Å². The van der Waals surface area contributed by atoms with E-state index in [4.69, 9.17) is 0 Å². The van der Waals surface area contributed by atoms with Crippen LogP contribution in [0, 0.1) is 25.7 Å². The van der Waals surface area contributed by atoms with Gasteiger partial charge in [0.25, 0.3) is 0 Å². The highest BCUT2D eigenvalue weighted by Gasteiger charge is 2.19. The van der Waals surface area contributed by atoms with Crippen LogP contribution >= 0.6 is 0 Å². The predicted octanol–water partition coefficient (Wildman–Crippen LogP) is 2.67. The Hall–Kier alpha value is -1.97. The fraction of sp³-hybridized carbons (Fsp3) is 0.308. The molecule has 0 atom stereocenters. The Morgan fingerprint density at radius 2 is 1.82 bits per heavy atom. The predicted molar refractivity (Wildman–Crippen MR) is 66.2 cm³/mol. The Kier molecular flexibility index (Phi) is 3.04. The first-order valence-electron chi connectivity index (χ1n) is 5.59. The third kappa shape index (κ3) is 2.25. The molecule has 0 aliphatic rings. The molecular weight excluding hydrogens is 214 g/mol. The lowest BCUT2D eigenvalue weighted by molar-refractivity contribution is -0.747. The number of rotatable bonds is 3. The summed E-state index contributed by atoms with van der Waals surface area (Å²) in [5.74, 6) is 0. The number of aryl methyl sites for hydroxylation is 2. The number of aromatic nitrogens is 2. The van der Waals surface area contributed by atoms with Crippen LogP contribution in [0.1, 0.15) is 22.5 Å². The maximum Gasteiger partial charge on any atom is 0.234 e. The second kappa shape index (κ2) is 4.49. The lowest BCUT2D eigenvalue weighted by Crippen LogP contribution is -2.38. The van der Waals surface area contributed by atoms with E-state index in [1.165, 1.54) is 11.1 Å². The second-order valence-electron chi connectivity index (χ2n) is 4.33. The molecule has 0 fully saturated rings. The average molecular weight is 230 g/mol. The molecule has 4 nitrogen and oxygen atoms in total. The Morgan fingerprint density at radius 3 is 2.35 bits per heavy atom. The summed E-state index contributed by atoms with van der Waals surface area (Å²) < 4.78 is 1.94. The first kappa shape index (κ1) is 11.5. The van der Waals surface area contributed by atoms with Crippen molar-refractivity contribution < 1.29 is 4.68 Å². The van der Waals surface area contributed by atoms with Crippen molar-refractivity contribution >= 4 is 5.69 Å². The average Bonchev–Trinajstić information content (AvgIpc) is 2.57. The van der Waals surface area contributed by atoms with E-state index < -0.39 is 0 Å². The molecule has 2 aromatic rings. The topological polar surface area (TPSA) is 49.1 Å². The van der Waals surface area contributed by atoms with E-state index in [1.807, 2.05) is 18.5 Å². The summed E-state index contributed by atoms with van der Waals surface area (Å²) in [6.07, 6.45) is 0. The van der Waals surface area contributed by atoms with E-state index in [1.54, 1.807) is 0 Å². The van der Waals surface area contributed by atoms with Gasteiger partial charge in [0.05, 0.1) is 0 Å². The summed E-state index contributed by atoms with van der Waals surface area (Å²) in [6.45, 7) is 6.54. The second-order valence-corrected chi connectivity index (χ2v) is 4.33. The van der Waals surface area contributed by atoms with Crippen LogP contribution in [0.4, 0.5) is 5.69 Å². The standard InChI is InChI=1S/C13H15N3O/c1-9-4-6-12(7-5-9)8-16-11(3)13(15-17)10(2)14-16/h4-7H,8H2,1-3H3/p+1. The van der Waals surface area contributed by atoms with Gasteiger partial charge >= 0.3 is 0 Å². The van der Waals surface area contributed by atoms with Crippen molar-refractivity contribution in [2.24, 2.45) is 5.18 Å². The van der Waals surface area contributed by atoms with Crippen LogP contribution in [-0.4, -0.2) is 5.10 Å². The Balaban J connectivity index is 2.30. The van der Waals surface area contributed by atoms with Crippen molar-refractivity contribution in [2.75, 3.05) is 0 Å². The summed E-state index contributed by atoms with van der Waals surface area (Å²) in [6, 6.07) is 8.34. The SMILES string of the molecule is Cc1ccc(C[n+]2[nH]c(C)c(N=O)c2C)cc1. The third-order valence-corrected chi connectivity index (χ3v) is 2.96. The molecule has 88 valence electrons. The van der Waals surface area contributed by atoms with Crippen LogP contribution in [0.5, 0.6) is 0 Å². The zero-order chi connectivity index (χ0) is 12.4. The highest BCUT2D eigenvalue weighted by Crippen LogP contribution is 2.18. The molecule has 4 heteroatoms. The Labute approximate surface area is 100 Å². The monoisotopic (exact) mass is 230 g/mol. The molecule has 17 heavy (non-hydrogen) atoms. The number of aromatic amines is 1. The number of nitrogens with zero attached hydrogens (tertiary/aromatic N) is 2. The van der Waals surface area contributed by atoms with Gasteiger partial charge in [-0.2, -0.15) is 5.10 Å². The van der Waals surface area contributed by atoms with Crippen molar-refractivity contribution in [1.82, 2.24) is 5.10 Å². The first-order chi connectivity index (χ1) is 8.11. The highest BCUT2D eigenvalue weighted by atomic mass is 16.3. The van der Waals surface area contributed by atoms with Crippen LogP contribution in [0.3, 0.4) is 0 Å². The van der Waals surface area contributed by atoms with Crippen LogP contribution in [0.25, 0.3) is 0 Å². The van der Waals surface area contributed by atoms with Crippen molar-refractivity contribution in [3.63, 3.8) is 0 Å². The van der Waals surface area contributed by atoms with E-state index in [2.05, 4.69) is 41.5 Å². The molecule has 0 saturated carbocycles. The van der Waals surface area contributed by atoms with Crippen molar-refractivity contribution in [2.45, 2.75) is 27.3 Å². The van der Waals surface area contributed by atoms with Crippen molar-refractivity contribution in [3.8, 4) is 0 Å². The van der Waals surface area contributed by atoms with Crippen molar-refractivity contribution in [3.05, 3.63) is 51.7 Å². The van der Waals surface area contributed by atoms with Gasteiger partial charge in [-0.3, -0.25) is 0 Å². The van der Waals surface area contributed by atoms with Gasteiger partial charge in [0.2, 0.25) is 11.4 Å².